The van der Waals surface area contributed by atoms with Gasteiger partial charge in [-0.2, -0.15) is 0 Å². The lowest BCUT2D eigenvalue weighted by molar-refractivity contribution is -0.128. The Kier molecular flexibility index (Phi) is 7.02. The fourth-order valence-electron chi connectivity index (χ4n) is 3.45. The van der Waals surface area contributed by atoms with Crippen LogP contribution in [0.25, 0.3) is 0 Å². The van der Waals surface area contributed by atoms with Gasteiger partial charge in [-0.1, -0.05) is 18.6 Å². The van der Waals surface area contributed by atoms with Gasteiger partial charge in [0.2, 0.25) is 5.91 Å². The number of benzene rings is 1. The van der Waals surface area contributed by atoms with Crippen molar-refractivity contribution in [1.82, 2.24) is 10.2 Å². The second kappa shape index (κ2) is 8.79. The van der Waals surface area contributed by atoms with Crippen LogP contribution in [0.4, 0.5) is 4.39 Å². The van der Waals surface area contributed by atoms with Gasteiger partial charge in [0.05, 0.1) is 6.04 Å². The van der Waals surface area contributed by atoms with Gasteiger partial charge in [0.15, 0.2) is 0 Å². The van der Waals surface area contributed by atoms with E-state index in [1.807, 2.05) is 0 Å². The minimum absolute atomic E-state index is 0. The molecule has 2 fully saturated rings. The second-order valence-electron chi connectivity index (χ2n) is 6.80. The summed E-state index contributed by atoms with van der Waals surface area (Å²) in [4.78, 5) is 14.9. The van der Waals surface area contributed by atoms with Crippen molar-refractivity contribution in [3.63, 3.8) is 0 Å². The van der Waals surface area contributed by atoms with E-state index in [1.165, 1.54) is 25.0 Å². The molecule has 0 radical (unpaired) electrons. The summed E-state index contributed by atoms with van der Waals surface area (Å²) < 4.78 is 13.0. The van der Waals surface area contributed by atoms with Crippen molar-refractivity contribution in [3.8, 4) is 0 Å². The van der Waals surface area contributed by atoms with E-state index in [9.17, 15) is 9.18 Å². The first-order valence-electron chi connectivity index (χ1n) is 8.66. The molecule has 2 atom stereocenters. The monoisotopic (exact) mass is 355 g/mol. The van der Waals surface area contributed by atoms with Gasteiger partial charge in [-0.05, 0) is 55.8 Å². The number of hydrogen-bond acceptors (Lipinski definition) is 3. The van der Waals surface area contributed by atoms with Crippen LogP contribution in [-0.4, -0.2) is 36.0 Å². The zero-order valence-electron chi connectivity index (χ0n) is 13.9. The number of likely N-dealkylation sites (tertiary alicyclic amines) is 1. The highest BCUT2D eigenvalue weighted by Crippen LogP contribution is 2.32. The number of carbonyl (C=O) groups excluding carboxylic acids is 1. The van der Waals surface area contributed by atoms with Crippen molar-refractivity contribution in [1.29, 1.82) is 0 Å². The number of hydrogen-bond donors (Lipinski definition) is 2. The predicted molar refractivity (Wildman–Crippen MR) is 95.4 cm³/mol. The number of nitrogens with two attached hydrogens (primary N) is 1. The van der Waals surface area contributed by atoms with E-state index in [-0.39, 0.29) is 36.2 Å². The lowest BCUT2D eigenvalue weighted by atomic mass is 9.99. The standard InChI is InChI=1S/C18H26FN3O.ClH/c19-15-8-4-13(5-9-15)12-22-10-2-1-3-17(22)18(23)21-16(11-20)14-6-7-14;/h4-5,8-9,14,16-17H,1-3,6-7,10-12,20H2,(H,21,23);1H. The summed E-state index contributed by atoms with van der Waals surface area (Å²) in [6, 6.07) is 6.58. The molecular formula is C18H27ClFN3O. The lowest BCUT2D eigenvalue weighted by Crippen LogP contribution is -2.53. The fraction of sp³-hybridized carbons (Fsp3) is 0.611. The van der Waals surface area contributed by atoms with E-state index < -0.39 is 0 Å². The van der Waals surface area contributed by atoms with E-state index in [0.29, 0.717) is 19.0 Å². The van der Waals surface area contributed by atoms with Crippen LogP contribution in [0.2, 0.25) is 0 Å². The maximum absolute atomic E-state index is 13.0. The Morgan fingerprint density at radius 2 is 1.96 bits per heavy atom. The quantitative estimate of drug-likeness (QED) is 0.824. The van der Waals surface area contributed by atoms with Crippen LogP contribution in [0.5, 0.6) is 0 Å². The van der Waals surface area contributed by atoms with Crippen LogP contribution >= 0.6 is 12.4 Å². The van der Waals surface area contributed by atoms with Gasteiger partial charge in [0.1, 0.15) is 5.82 Å². The van der Waals surface area contributed by atoms with Crippen LogP contribution in [0.3, 0.4) is 0 Å². The van der Waals surface area contributed by atoms with E-state index in [4.69, 9.17) is 5.73 Å². The number of rotatable bonds is 6. The molecule has 3 rings (SSSR count). The molecule has 1 aromatic carbocycles. The Labute approximate surface area is 149 Å². The molecule has 24 heavy (non-hydrogen) atoms. The van der Waals surface area contributed by atoms with Crippen LogP contribution in [-0.2, 0) is 11.3 Å². The number of carbonyl (C=O) groups is 1. The minimum Gasteiger partial charge on any atom is -0.350 e. The normalized spacial score (nSPS) is 22.5. The minimum atomic E-state index is -0.225. The van der Waals surface area contributed by atoms with Gasteiger partial charge in [-0.3, -0.25) is 9.69 Å². The smallest absolute Gasteiger partial charge is 0.237 e. The first-order valence-corrected chi connectivity index (χ1v) is 8.66. The van der Waals surface area contributed by atoms with Gasteiger partial charge >= 0.3 is 0 Å². The molecular weight excluding hydrogens is 329 g/mol. The van der Waals surface area contributed by atoms with E-state index in [2.05, 4.69) is 10.2 Å². The Morgan fingerprint density at radius 1 is 1.25 bits per heavy atom. The zero-order chi connectivity index (χ0) is 16.2. The van der Waals surface area contributed by atoms with E-state index >= 15 is 0 Å². The Balaban J connectivity index is 0.00000208. The maximum atomic E-state index is 13.0. The lowest BCUT2D eigenvalue weighted by Gasteiger charge is -2.35. The molecule has 0 bridgehead atoms. The maximum Gasteiger partial charge on any atom is 0.237 e. The molecule has 1 aliphatic carbocycles. The van der Waals surface area contributed by atoms with Crippen molar-refractivity contribution in [2.75, 3.05) is 13.1 Å². The summed E-state index contributed by atoms with van der Waals surface area (Å²) >= 11 is 0. The average molecular weight is 356 g/mol. The summed E-state index contributed by atoms with van der Waals surface area (Å²) in [6.45, 7) is 2.11. The third-order valence-electron chi connectivity index (χ3n) is 4.99. The van der Waals surface area contributed by atoms with Crippen molar-refractivity contribution < 1.29 is 9.18 Å². The van der Waals surface area contributed by atoms with Crippen LogP contribution in [0, 0.1) is 11.7 Å². The molecule has 0 aromatic heterocycles. The molecule has 134 valence electrons. The van der Waals surface area contributed by atoms with E-state index in [0.717, 1.165) is 31.4 Å². The van der Waals surface area contributed by atoms with Crippen LogP contribution < -0.4 is 11.1 Å². The molecule has 0 spiro atoms. The predicted octanol–water partition coefficient (Wildman–Crippen LogP) is 2.46. The zero-order valence-corrected chi connectivity index (χ0v) is 14.7. The van der Waals surface area contributed by atoms with Crippen LogP contribution in [0.1, 0.15) is 37.7 Å². The summed E-state index contributed by atoms with van der Waals surface area (Å²) in [7, 11) is 0. The number of nitrogens with zero attached hydrogens (tertiary/aromatic N) is 1. The molecule has 1 aromatic rings. The molecule has 1 saturated carbocycles. The highest BCUT2D eigenvalue weighted by atomic mass is 35.5. The molecule has 3 N–H and O–H groups in total. The third-order valence-corrected chi connectivity index (χ3v) is 4.99. The number of halogens is 2. The summed E-state index contributed by atoms with van der Waals surface area (Å²) in [5, 5.41) is 3.16. The number of nitrogens with one attached hydrogen (secondary N) is 1. The second-order valence-corrected chi connectivity index (χ2v) is 6.80. The molecule has 1 heterocycles. The first kappa shape index (κ1) is 19.2. The van der Waals surface area contributed by atoms with Crippen molar-refractivity contribution >= 4 is 18.3 Å². The fourth-order valence-corrected chi connectivity index (χ4v) is 3.45. The molecule has 4 nitrogen and oxygen atoms in total. The molecule has 2 unspecified atom stereocenters. The Morgan fingerprint density at radius 3 is 2.58 bits per heavy atom. The van der Waals surface area contributed by atoms with Gasteiger partial charge in [-0.25, -0.2) is 4.39 Å². The van der Waals surface area contributed by atoms with Gasteiger partial charge in [0.25, 0.3) is 0 Å². The highest BCUT2D eigenvalue weighted by molar-refractivity contribution is 5.85. The highest BCUT2D eigenvalue weighted by Gasteiger charge is 2.35. The Hall–Kier alpha value is -1.17. The van der Waals surface area contributed by atoms with E-state index in [1.54, 1.807) is 12.1 Å². The van der Waals surface area contributed by atoms with Crippen molar-refractivity contribution in [2.24, 2.45) is 11.7 Å². The van der Waals surface area contributed by atoms with Crippen molar-refractivity contribution in [3.05, 3.63) is 35.6 Å². The number of piperidine rings is 1. The first-order chi connectivity index (χ1) is 11.2. The summed E-state index contributed by atoms with van der Waals surface area (Å²) in [5.74, 6) is 0.448. The summed E-state index contributed by atoms with van der Waals surface area (Å²) in [5.41, 5.74) is 6.85. The topological polar surface area (TPSA) is 58.4 Å². The molecule has 2 aliphatic rings. The average Bonchev–Trinajstić information content (AvgIpc) is 3.40. The number of amides is 1. The van der Waals surface area contributed by atoms with Gasteiger partial charge in [0, 0.05) is 19.1 Å². The van der Waals surface area contributed by atoms with Crippen LogP contribution in [0.15, 0.2) is 24.3 Å². The summed E-state index contributed by atoms with van der Waals surface area (Å²) in [6.07, 6.45) is 5.41. The molecule has 6 heteroatoms. The van der Waals surface area contributed by atoms with Crippen molar-refractivity contribution in [2.45, 2.75) is 50.7 Å². The Bertz CT molecular complexity index is 536. The van der Waals surface area contributed by atoms with Gasteiger partial charge < -0.3 is 11.1 Å². The largest absolute Gasteiger partial charge is 0.350 e. The molecule has 1 saturated heterocycles. The molecule has 1 aliphatic heterocycles. The van der Waals surface area contributed by atoms with Gasteiger partial charge in [-0.15, -0.1) is 12.4 Å². The third kappa shape index (κ3) is 4.91. The SMILES string of the molecule is Cl.NCC(NC(=O)C1CCCCN1Cc1ccc(F)cc1)C1CC1. The molecule has 1 amide bonds.